The number of hydrogen-bond donors (Lipinski definition) is 0. The quantitative estimate of drug-likeness (QED) is 0.0149. The minimum Gasteiger partial charge on any atom is -0.768 e. The second kappa shape index (κ2) is 65.5. The van der Waals surface area contributed by atoms with Gasteiger partial charge >= 0.3 is 47.5 Å². The molecule has 96 heavy (non-hydrogen) atoms. The predicted octanol–water partition coefficient (Wildman–Crippen LogP) is 6.33. The summed E-state index contributed by atoms with van der Waals surface area (Å²) in [4.78, 5) is 40.1. The molecule has 3 rings (SSSR count). The fourth-order valence-corrected chi connectivity index (χ4v) is 9.72. The van der Waals surface area contributed by atoms with Gasteiger partial charge in [-0.05, 0) is 142 Å². The van der Waals surface area contributed by atoms with Crippen LogP contribution < -0.4 is 29.6 Å². The molecule has 23 nitrogen and oxygen atoms in total. The summed E-state index contributed by atoms with van der Waals surface area (Å²) in [5.74, 6) is -2.31. The van der Waals surface area contributed by atoms with Crippen molar-refractivity contribution in [3.8, 4) is 0 Å². The van der Waals surface area contributed by atoms with Crippen LogP contribution in [-0.4, -0.2) is 237 Å². The Morgan fingerprint density at radius 3 is 0.979 bits per heavy atom. The van der Waals surface area contributed by atoms with Gasteiger partial charge in [0.25, 0.3) is 0 Å². The van der Waals surface area contributed by atoms with E-state index in [-0.39, 0.29) is 89.5 Å². The zero-order valence-corrected chi connectivity index (χ0v) is 64.9. The molecule has 0 aliphatic heterocycles. The van der Waals surface area contributed by atoms with Gasteiger partial charge < -0.3 is 71.2 Å². The van der Waals surface area contributed by atoms with E-state index in [1.807, 2.05) is 41.5 Å². The van der Waals surface area contributed by atoms with Crippen molar-refractivity contribution < 1.29 is 126 Å². The van der Waals surface area contributed by atoms with Crippen LogP contribution in [0.15, 0.2) is 123 Å². The number of esters is 3. The van der Waals surface area contributed by atoms with Crippen molar-refractivity contribution in [2.75, 3.05) is 184 Å². The molecule has 3 aromatic carbocycles. The van der Waals surface area contributed by atoms with Crippen molar-refractivity contribution in [2.45, 2.75) is 112 Å². The number of sulfone groups is 2. The summed E-state index contributed by atoms with van der Waals surface area (Å²) in [5.41, 5.74) is 3.25. The Bertz CT molecular complexity index is 2690. The molecule has 0 N–H and O–H groups in total. The average molecular weight is 1430 g/mol. The summed E-state index contributed by atoms with van der Waals surface area (Å²) in [6.45, 7) is 50.6. The van der Waals surface area contributed by atoms with E-state index in [1.54, 1.807) is 55.5 Å². The van der Waals surface area contributed by atoms with Crippen molar-refractivity contribution in [2.24, 2.45) is 0 Å². The fourth-order valence-electron chi connectivity index (χ4n) is 6.86. The molecule has 0 saturated carbocycles. The van der Waals surface area contributed by atoms with Gasteiger partial charge in [0.2, 0.25) is 0 Å². The maximum Gasteiger partial charge on any atom is 1.00 e. The van der Waals surface area contributed by atoms with Gasteiger partial charge in [0.1, 0.15) is 19.8 Å². The third-order valence-corrected chi connectivity index (χ3v) is 16.5. The molecule has 1 atom stereocenters. The Labute approximate surface area is 601 Å². The summed E-state index contributed by atoms with van der Waals surface area (Å²) in [5, 5.41) is 0.924. The second-order valence-electron chi connectivity index (χ2n) is 20.1. The van der Waals surface area contributed by atoms with Crippen LogP contribution in [-0.2, 0) is 102 Å². The van der Waals surface area contributed by atoms with Crippen molar-refractivity contribution in [1.82, 2.24) is 9.80 Å². The molecule has 0 aliphatic rings. The molecule has 0 fully saturated rings. The van der Waals surface area contributed by atoms with Gasteiger partial charge in [-0.15, -0.1) is 0 Å². The molecule has 0 heterocycles. The number of hydrogen-bond acceptors (Lipinski definition) is 23. The molecule has 0 bridgehead atoms. The average Bonchev–Trinajstić information content (AvgIpc) is 0.858. The molecule has 3 aromatic rings. The molecule has 0 aliphatic carbocycles. The minimum atomic E-state index is -3.69. The van der Waals surface area contributed by atoms with Crippen LogP contribution >= 0.6 is 0 Å². The molecule has 0 saturated heterocycles. The van der Waals surface area contributed by atoms with Crippen molar-refractivity contribution in [1.29, 1.82) is 0 Å². The van der Waals surface area contributed by atoms with Crippen LogP contribution in [0.2, 0.25) is 0 Å². The van der Waals surface area contributed by atoms with E-state index in [0.717, 1.165) is 22.1 Å². The molecule has 0 aromatic heterocycles. The smallest absolute Gasteiger partial charge is 0.768 e. The van der Waals surface area contributed by atoms with Crippen molar-refractivity contribution >= 4 is 48.7 Å². The summed E-state index contributed by atoms with van der Waals surface area (Å²) < 4.78 is 131. The number of rotatable bonds is 45. The van der Waals surface area contributed by atoms with Crippen LogP contribution in [0, 0.1) is 20.8 Å². The Morgan fingerprint density at radius 2 is 0.698 bits per heavy atom. The summed E-state index contributed by atoms with van der Waals surface area (Å²) >= 11 is -2.09. The first-order chi connectivity index (χ1) is 45.3. The SMILES string of the molecule is C=C(C)C(=O)OCCOCCOCCOCC.C=C(CS(=O)(=O)c1ccc(C)cc1)C(=O)OCCOCCOCCOCC.CCN(CC)CC.CCN(CC)CC.CCOCCOCCOCCOC(=O)/C(C)=C/S(=O)(=O)c1ccc(C)cc1.Cc1ccc(S(=O)[O-])cc1.[Na+]. The van der Waals surface area contributed by atoms with Gasteiger partial charge in [-0.2, -0.15) is 0 Å². The first-order valence-electron chi connectivity index (χ1n) is 32.2. The number of ether oxygens (including phenoxy) is 12. The fraction of sp³-hybridized carbons (Fsp3) is 0.609. The largest absolute Gasteiger partial charge is 1.00 e. The Hall–Kier alpha value is -4.14. The van der Waals surface area contributed by atoms with Crippen LogP contribution in [0.4, 0.5) is 0 Å². The summed E-state index contributed by atoms with van der Waals surface area (Å²) in [6, 6.07) is 19.5. The van der Waals surface area contributed by atoms with Crippen molar-refractivity contribution in [3.05, 3.63) is 125 Å². The van der Waals surface area contributed by atoms with Crippen molar-refractivity contribution in [3.63, 3.8) is 0 Å². The maximum absolute atomic E-state index is 12.3. The molecular weight excluding hydrogens is 1310 g/mol. The number of aryl methyl sites for hydroxylation is 3. The summed E-state index contributed by atoms with van der Waals surface area (Å²) in [6.07, 6.45) is 0. The van der Waals surface area contributed by atoms with Gasteiger partial charge in [-0.25, -0.2) is 31.2 Å². The first-order valence-corrected chi connectivity index (χ1v) is 36.5. The van der Waals surface area contributed by atoms with Crippen LogP contribution in [0.5, 0.6) is 0 Å². The van der Waals surface area contributed by atoms with E-state index in [0.29, 0.717) is 116 Å². The molecule has 27 heteroatoms. The van der Waals surface area contributed by atoms with E-state index >= 15 is 0 Å². The Morgan fingerprint density at radius 1 is 0.427 bits per heavy atom. The number of carbonyl (C=O) groups excluding carboxylic acids is 3. The second-order valence-corrected chi connectivity index (χ2v) is 24.8. The van der Waals surface area contributed by atoms with E-state index in [9.17, 15) is 40.0 Å². The third kappa shape index (κ3) is 56.7. The molecule has 1 unspecified atom stereocenters. The van der Waals surface area contributed by atoms with Crippen LogP contribution in [0.3, 0.4) is 0 Å². The van der Waals surface area contributed by atoms with Gasteiger partial charge in [-0.1, -0.05) is 108 Å². The molecule has 0 spiro atoms. The standard InChI is InChI=1S/2C19H28O7S.C12H22O5.C7H8O2S.2C6H15N.Na/c2*1-4-23-9-10-24-11-12-25-13-14-26-19(20)17(3)15-27(21,22)18-7-5-16(2)6-8-18;1-4-14-5-6-15-7-8-16-9-10-17-12(13)11(2)3;1-6-2-4-7(5-3-6)10(8)9;2*1-4-7(5-2)6-3;/h5-8,15H,4,9-14H2,1-3H3;5-8H,3-4,9-15H2,1-2H3;2,4-10H2,1,3H3;2-5H,1H3,(H,8,9);2*4-6H2,1-3H3;/q;;;;;;+1/p-1/b17-15+;;;;;;. The minimum absolute atomic E-state index is 0. The number of carbonyl (C=O) groups is 3. The number of benzene rings is 3. The molecular formula is C69H115N2NaO21S3. The van der Waals surface area contributed by atoms with E-state index in [4.69, 9.17) is 56.8 Å². The van der Waals surface area contributed by atoms with E-state index in [1.165, 1.54) is 70.5 Å². The molecule has 546 valence electrons. The van der Waals surface area contributed by atoms with Gasteiger partial charge in [-0.3, -0.25) is 4.21 Å². The normalized spacial score (nSPS) is 11.3. The maximum atomic E-state index is 12.3. The zero-order chi connectivity index (χ0) is 72.1. The Balaban J connectivity index is -0.000000569. The molecule has 0 amide bonds. The van der Waals surface area contributed by atoms with E-state index in [2.05, 4.69) is 64.5 Å². The van der Waals surface area contributed by atoms with Gasteiger partial charge in [0.15, 0.2) is 19.7 Å². The van der Waals surface area contributed by atoms with E-state index < -0.39 is 48.4 Å². The Kier molecular flexibility index (Phi) is 67.0. The van der Waals surface area contributed by atoms with Gasteiger partial charge in [0, 0.05) is 46.8 Å². The predicted molar refractivity (Wildman–Crippen MR) is 372 cm³/mol. The van der Waals surface area contributed by atoms with Gasteiger partial charge in [0.05, 0.1) is 115 Å². The van der Waals surface area contributed by atoms with Crippen LogP contribution in [0.25, 0.3) is 0 Å². The first kappa shape index (κ1) is 98.2. The monoisotopic (exact) mass is 1430 g/mol. The third-order valence-electron chi connectivity index (χ3n) is 12.5. The summed E-state index contributed by atoms with van der Waals surface area (Å²) in [7, 11) is -7.33. The number of nitrogens with zero attached hydrogens (tertiary/aromatic N) is 2. The topological polar surface area (TPSA) is 277 Å². The zero-order valence-electron chi connectivity index (χ0n) is 60.4. The molecule has 0 radical (unpaired) electrons. The van der Waals surface area contributed by atoms with Crippen LogP contribution in [0.1, 0.15) is 92.9 Å².